The van der Waals surface area contributed by atoms with E-state index < -0.39 is 39.9 Å². The Morgan fingerprint density at radius 2 is 1.71 bits per heavy atom. The number of hydrogen-bond donors (Lipinski definition) is 1. The Kier molecular flexibility index (Phi) is 9.30. The maximum absolute atomic E-state index is 15.0. The predicted octanol–water partition coefficient (Wildman–Crippen LogP) is 6.77. The van der Waals surface area contributed by atoms with Crippen LogP contribution in [-0.4, -0.2) is 39.7 Å². The fourth-order valence-corrected chi connectivity index (χ4v) is 5.58. The molecule has 0 unspecified atom stereocenters. The number of anilines is 1. The number of rotatable bonds is 8. The van der Waals surface area contributed by atoms with E-state index in [4.69, 9.17) is 4.74 Å². The zero-order chi connectivity index (χ0) is 30.8. The van der Waals surface area contributed by atoms with Crippen molar-refractivity contribution in [2.24, 2.45) is 11.8 Å². The lowest BCUT2D eigenvalue weighted by molar-refractivity contribution is -0.156. The molecule has 4 rings (SSSR count). The lowest BCUT2D eigenvalue weighted by Crippen LogP contribution is -2.41. The Morgan fingerprint density at radius 1 is 1.02 bits per heavy atom. The molecule has 1 aromatic carbocycles. The summed E-state index contributed by atoms with van der Waals surface area (Å²) >= 11 is 0. The molecule has 1 saturated heterocycles. The summed E-state index contributed by atoms with van der Waals surface area (Å²) in [7, 11) is 0. The van der Waals surface area contributed by atoms with Gasteiger partial charge in [0.15, 0.2) is 0 Å². The van der Waals surface area contributed by atoms with Crippen molar-refractivity contribution in [2.75, 3.05) is 18.0 Å². The number of nitrogens with zero attached hydrogens (tertiary/aromatic N) is 3. The third-order valence-corrected chi connectivity index (χ3v) is 7.38. The van der Waals surface area contributed by atoms with E-state index >= 15 is 0 Å². The molecular formula is C33H40F3N3O3. The summed E-state index contributed by atoms with van der Waals surface area (Å²) in [5, 5.41) is 10.1. The first-order valence-corrected chi connectivity index (χ1v) is 14.4. The number of carbonyl (C=O) groups excluding carboxylic acids is 1. The number of pyridine rings is 2. The number of piperidine rings is 1. The molecule has 0 radical (unpaired) electrons. The number of carbonyl (C=O) groups is 1. The van der Waals surface area contributed by atoms with Crippen LogP contribution >= 0.6 is 0 Å². The fourth-order valence-electron chi connectivity index (χ4n) is 5.58. The Balaban J connectivity index is 1.53. The number of benzene rings is 1. The van der Waals surface area contributed by atoms with Gasteiger partial charge in [-0.1, -0.05) is 6.92 Å². The summed E-state index contributed by atoms with van der Waals surface area (Å²) < 4.78 is 50.3. The summed E-state index contributed by atoms with van der Waals surface area (Å²) in [6, 6.07) is 6.64. The van der Waals surface area contributed by atoms with Crippen LogP contribution < -0.4 is 4.90 Å². The highest BCUT2D eigenvalue weighted by atomic mass is 19.1. The quantitative estimate of drug-likeness (QED) is 0.295. The largest absolute Gasteiger partial charge is 0.460 e. The molecule has 3 heterocycles. The molecule has 42 heavy (non-hydrogen) atoms. The zero-order valence-electron chi connectivity index (χ0n) is 25.2. The Hall–Kier alpha value is -3.46. The minimum atomic E-state index is -1.46. The van der Waals surface area contributed by atoms with Crippen molar-refractivity contribution in [1.82, 2.24) is 9.97 Å². The van der Waals surface area contributed by atoms with Crippen LogP contribution in [-0.2, 0) is 28.0 Å². The third kappa shape index (κ3) is 7.88. The van der Waals surface area contributed by atoms with Crippen molar-refractivity contribution in [3.8, 4) is 11.3 Å². The van der Waals surface area contributed by atoms with Crippen LogP contribution in [0, 0.1) is 29.3 Å². The van der Waals surface area contributed by atoms with Crippen molar-refractivity contribution >= 4 is 11.7 Å². The highest BCUT2D eigenvalue weighted by molar-refractivity contribution is 5.70. The van der Waals surface area contributed by atoms with E-state index in [9.17, 15) is 23.1 Å². The van der Waals surface area contributed by atoms with E-state index in [1.165, 1.54) is 19.9 Å². The normalized spacial score (nSPS) is 17.8. The molecule has 9 heteroatoms. The second-order valence-electron chi connectivity index (χ2n) is 12.9. The van der Waals surface area contributed by atoms with E-state index in [2.05, 4.69) is 21.8 Å². The molecule has 0 amide bonds. The van der Waals surface area contributed by atoms with E-state index in [1.54, 1.807) is 12.4 Å². The van der Waals surface area contributed by atoms with Crippen molar-refractivity contribution < 1.29 is 27.8 Å². The van der Waals surface area contributed by atoms with E-state index in [0.717, 1.165) is 42.4 Å². The lowest BCUT2D eigenvalue weighted by atomic mass is 9.87. The number of ether oxygens (including phenoxy) is 1. The molecule has 3 aromatic rings. The van der Waals surface area contributed by atoms with Gasteiger partial charge in [-0.2, -0.15) is 0 Å². The SMILES string of the molecule is C[C@@H]1C[C@H](CC(=O)OC(C)(C)C)CN(c2ccncc2CCc2ccc(F)c(-c3c(F)cc(C(C)(C)O)cc3F)n2)C1. The number of aromatic nitrogens is 2. The molecular weight excluding hydrogens is 543 g/mol. The Morgan fingerprint density at radius 3 is 2.36 bits per heavy atom. The van der Waals surface area contributed by atoms with Crippen LogP contribution in [0.3, 0.4) is 0 Å². The first kappa shape index (κ1) is 31.5. The highest BCUT2D eigenvalue weighted by Gasteiger charge is 2.30. The van der Waals surface area contributed by atoms with Gasteiger partial charge in [-0.15, -0.1) is 0 Å². The van der Waals surface area contributed by atoms with Gasteiger partial charge in [0.05, 0.1) is 17.6 Å². The molecule has 2 atom stereocenters. The Bertz CT molecular complexity index is 1410. The van der Waals surface area contributed by atoms with E-state index in [-0.39, 0.29) is 17.5 Å². The van der Waals surface area contributed by atoms with Gasteiger partial charge < -0.3 is 14.7 Å². The maximum atomic E-state index is 15.0. The van der Waals surface area contributed by atoms with E-state index in [0.29, 0.717) is 37.4 Å². The number of halogens is 3. The lowest BCUT2D eigenvalue weighted by Gasteiger charge is -2.38. The maximum Gasteiger partial charge on any atom is 0.306 e. The van der Waals surface area contributed by atoms with E-state index in [1.807, 2.05) is 26.8 Å². The second kappa shape index (κ2) is 12.4. The van der Waals surface area contributed by atoms with Gasteiger partial charge >= 0.3 is 5.97 Å². The van der Waals surface area contributed by atoms with Crippen molar-refractivity contribution in [2.45, 2.75) is 78.4 Å². The molecule has 6 nitrogen and oxygen atoms in total. The zero-order valence-corrected chi connectivity index (χ0v) is 25.2. The number of hydrogen-bond acceptors (Lipinski definition) is 6. The molecule has 0 spiro atoms. The van der Waals surface area contributed by atoms with Gasteiger partial charge in [0.2, 0.25) is 0 Å². The van der Waals surface area contributed by atoms with Crippen LogP contribution in [0.4, 0.5) is 18.9 Å². The summed E-state index contributed by atoms with van der Waals surface area (Å²) in [4.78, 5) is 23.4. The molecule has 1 fully saturated rings. The van der Waals surface area contributed by atoms with Crippen molar-refractivity contribution in [3.63, 3.8) is 0 Å². The van der Waals surface area contributed by atoms with Gasteiger partial charge in [0, 0.05) is 36.9 Å². The average Bonchev–Trinajstić information content (AvgIpc) is 2.86. The standard InChI is InChI=1S/C33H40F3N3O3/c1-20-13-21(14-29(40)42-32(2,3)4)19-39(18-20)28-11-12-37-17-22(28)7-8-24-9-10-25(34)31(38-24)30-26(35)15-23(16-27(30)36)33(5,6)41/h9-12,15-17,20-21,41H,7-8,13-14,18-19H2,1-6H3/t20-,21-/m1/s1. The summed E-state index contributed by atoms with van der Waals surface area (Å²) in [5.41, 5.74) is -0.481. The average molecular weight is 584 g/mol. The molecule has 0 aliphatic carbocycles. The van der Waals surface area contributed by atoms with Gasteiger partial charge in [-0.25, -0.2) is 18.2 Å². The monoisotopic (exact) mass is 583 g/mol. The molecule has 0 saturated carbocycles. The van der Waals surface area contributed by atoms with Gasteiger partial charge in [-0.05, 0) is 107 Å². The van der Waals surface area contributed by atoms with Crippen molar-refractivity contribution in [1.29, 1.82) is 0 Å². The topological polar surface area (TPSA) is 75.5 Å². The Labute approximate surface area is 246 Å². The number of aliphatic hydroxyl groups is 1. The van der Waals surface area contributed by atoms with Crippen LogP contribution in [0.2, 0.25) is 0 Å². The fraction of sp³-hybridized carbons (Fsp3) is 0.485. The van der Waals surface area contributed by atoms with Crippen LogP contribution in [0.25, 0.3) is 11.3 Å². The van der Waals surface area contributed by atoms with Gasteiger partial charge in [-0.3, -0.25) is 9.78 Å². The molecule has 1 aliphatic rings. The third-order valence-electron chi connectivity index (χ3n) is 7.38. The minimum Gasteiger partial charge on any atom is -0.460 e. The predicted molar refractivity (Wildman–Crippen MR) is 156 cm³/mol. The molecule has 226 valence electrons. The number of aryl methyl sites for hydroxylation is 2. The van der Waals surface area contributed by atoms with Gasteiger partial charge in [0.1, 0.15) is 28.7 Å². The second-order valence-corrected chi connectivity index (χ2v) is 12.9. The molecule has 2 aromatic heterocycles. The van der Waals surface area contributed by atoms with Crippen molar-refractivity contribution in [3.05, 3.63) is 77.0 Å². The molecule has 1 aliphatic heterocycles. The first-order valence-electron chi connectivity index (χ1n) is 14.4. The van der Waals surface area contributed by atoms with Crippen LogP contribution in [0.5, 0.6) is 0 Å². The first-order chi connectivity index (χ1) is 19.6. The van der Waals surface area contributed by atoms with Gasteiger partial charge in [0.25, 0.3) is 0 Å². The minimum absolute atomic E-state index is 0.0438. The summed E-state index contributed by atoms with van der Waals surface area (Å²) in [6.07, 6.45) is 5.72. The number of esters is 1. The van der Waals surface area contributed by atoms with Crippen LogP contribution in [0.15, 0.2) is 42.7 Å². The highest BCUT2D eigenvalue weighted by Crippen LogP contribution is 2.33. The summed E-state index contributed by atoms with van der Waals surface area (Å²) in [6.45, 7) is 12.1. The molecule has 1 N–H and O–H groups in total. The van der Waals surface area contributed by atoms with Crippen LogP contribution in [0.1, 0.15) is 71.2 Å². The molecule has 0 bridgehead atoms. The summed E-state index contributed by atoms with van der Waals surface area (Å²) in [5.74, 6) is -2.50. The smallest absolute Gasteiger partial charge is 0.306 e.